The topological polar surface area (TPSA) is 67.7 Å². The van der Waals surface area contributed by atoms with Crippen LogP contribution in [-0.4, -0.2) is 29.1 Å². The van der Waals surface area contributed by atoms with Gasteiger partial charge in [-0.25, -0.2) is 14.5 Å². The van der Waals surface area contributed by atoms with Crippen LogP contribution in [0.15, 0.2) is 24.4 Å². The van der Waals surface area contributed by atoms with Gasteiger partial charge in [-0.2, -0.15) is 5.10 Å². The van der Waals surface area contributed by atoms with Crippen molar-refractivity contribution in [3.05, 3.63) is 52.6 Å². The summed E-state index contributed by atoms with van der Waals surface area (Å²) < 4.78 is 4.08. The van der Waals surface area contributed by atoms with Gasteiger partial charge in [-0.15, -0.1) is 0 Å². The van der Waals surface area contributed by atoms with Gasteiger partial charge >= 0.3 is 0 Å². The van der Waals surface area contributed by atoms with Gasteiger partial charge in [0.2, 0.25) is 0 Å². The molecule has 0 bridgehead atoms. The van der Waals surface area contributed by atoms with Crippen molar-refractivity contribution in [1.82, 2.24) is 24.0 Å². The molecule has 31 heavy (non-hydrogen) atoms. The fraction of sp³-hybridized carbons (Fsp3) is 0.480. The molecule has 4 aromatic heterocycles. The molecule has 1 N–H and O–H groups in total. The zero-order valence-corrected chi connectivity index (χ0v) is 19.6. The molecule has 4 heterocycles. The molecule has 1 atom stereocenters. The molecule has 0 aliphatic rings. The number of aryl methyl sites for hydroxylation is 3. The molecule has 0 spiro atoms. The molecule has 0 aromatic carbocycles. The van der Waals surface area contributed by atoms with Crippen molar-refractivity contribution < 1.29 is 5.11 Å². The quantitative estimate of drug-likeness (QED) is 0.444. The Bertz CT molecular complexity index is 1250. The van der Waals surface area contributed by atoms with E-state index in [1.54, 1.807) is 0 Å². The van der Waals surface area contributed by atoms with Crippen molar-refractivity contribution in [3.8, 4) is 11.4 Å². The molecule has 164 valence electrons. The molecule has 4 rings (SSSR count). The maximum absolute atomic E-state index is 10.8. The van der Waals surface area contributed by atoms with E-state index < -0.39 is 6.10 Å². The van der Waals surface area contributed by atoms with E-state index >= 15 is 0 Å². The van der Waals surface area contributed by atoms with Gasteiger partial charge in [-0.05, 0) is 57.6 Å². The SMILES string of the molecule is CCC(CC)c1cc(C)nn2c(-c3c(C)nc4c([C@@H](O)C(C)C)cccn34)c(C)nc12. The third-order valence-corrected chi connectivity index (χ3v) is 6.36. The lowest BCUT2D eigenvalue weighted by Crippen LogP contribution is -2.08. The van der Waals surface area contributed by atoms with Crippen LogP contribution in [0.2, 0.25) is 0 Å². The standard InChI is InChI=1S/C25H33N5O/c1-8-18(9-2)20-13-15(5)28-30-22(17(7)27-25(20)30)21-16(6)26-24-19(23(31)14(3)4)11-10-12-29(21)24/h10-14,18,23,31H,8-9H2,1-7H3/t23-/m0/s1. The van der Waals surface area contributed by atoms with Crippen LogP contribution in [0.25, 0.3) is 22.7 Å². The largest absolute Gasteiger partial charge is 0.388 e. The molecule has 0 fully saturated rings. The lowest BCUT2D eigenvalue weighted by molar-refractivity contribution is 0.128. The second kappa shape index (κ2) is 8.08. The smallest absolute Gasteiger partial charge is 0.158 e. The zero-order valence-electron chi connectivity index (χ0n) is 19.6. The number of imidazole rings is 2. The van der Waals surface area contributed by atoms with Crippen LogP contribution in [0.4, 0.5) is 0 Å². The number of aliphatic hydroxyl groups is 1. The average molecular weight is 420 g/mol. The molecule has 0 saturated heterocycles. The van der Waals surface area contributed by atoms with Gasteiger partial charge in [0.15, 0.2) is 5.65 Å². The van der Waals surface area contributed by atoms with Crippen molar-refractivity contribution >= 4 is 11.3 Å². The highest BCUT2D eigenvalue weighted by atomic mass is 16.3. The van der Waals surface area contributed by atoms with E-state index in [4.69, 9.17) is 15.1 Å². The van der Waals surface area contributed by atoms with E-state index in [1.165, 1.54) is 5.56 Å². The van der Waals surface area contributed by atoms with Crippen LogP contribution in [0.5, 0.6) is 0 Å². The summed E-state index contributed by atoms with van der Waals surface area (Å²) >= 11 is 0. The maximum Gasteiger partial charge on any atom is 0.158 e. The van der Waals surface area contributed by atoms with Crippen LogP contribution in [0, 0.1) is 26.7 Å². The Hall–Kier alpha value is -2.73. The van der Waals surface area contributed by atoms with E-state index in [-0.39, 0.29) is 5.92 Å². The Balaban J connectivity index is 2.03. The predicted molar refractivity (Wildman–Crippen MR) is 125 cm³/mol. The molecule has 4 aromatic rings. The molecular formula is C25H33N5O. The molecule has 6 heteroatoms. The first-order valence-corrected chi connectivity index (χ1v) is 11.3. The number of aromatic nitrogens is 5. The fourth-order valence-electron chi connectivity index (χ4n) is 4.66. The third-order valence-electron chi connectivity index (χ3n) is 6.36. The van der Waals surface area contributed by atoms with Gasteiger partial charge < -0.3 is 5.11 Å². The predicted octanol–water partition coefficient (Wildman–Crippen LogP) is 5.56. The number of hydrogen-bond donors (Lipinski definition) is 1. The van der Waals surface area contributed by atoms with E-state index in [2.05, 4.69) is 24.3 Å². The highest BCUT2D eigenvalue weighted by Gasteiger charge is 2.25. The first-order valence-electron chi connectivity index (χ1n) is 11.3. The van der Waals surface area contributed by atoms with Gasteiger partial charge in [-0.3, -0.25) is 4.40 Å². The molecule has 0 aliphatic carbocycles. The van der Waals surface area contributed by atoms with Gasteiger partial charge in [0.25, 0.3) is 0 Å². The Morgan fingerprint density at radius 3 is 2.23 bits per heavy atom. The molecule has 0 saturated carbocycles. The lowest BCUT2D eigenvalue weighted by atomic mass is 9.95. The molecule has 0 radical (unpaired) electrons. The number of aliphatic hydroxyl groups excluding tert-OH is 1. The van der Waals surface area contributed by atoms with Crippen molar-refractivity contribution in [2.45, 2.75) is 73.3 Å². The Kier molecular flexibility index (Phi) is 5.60. The second-order valence-electron chi connectivity index (χ2n) is 8.93. The summed E-state index contributed by atoms with van der Waals surface area (Å²) in [6.45, 7) is 14.6. The van der Waals surface area contributed by atoms with Crippen LogP contribution in [0.3, 0.4) is 0 Å². The summed E-state index contributed by atoms with van der Waals surface area (Å²) in [6, 6.07) is 6.12. The first-order chi connectivity index (χ1) is 14.8. The van der Waals surface area contributed by atoms with Crippen LogP contribution < -0.4 is 0 Å². The summed E-state index contributed by atoms with van der Waals surface area (Å²) in [6.07, 6.45) is 3.59. The van der Waals surface area contributed by atoms with Gasteiger partial charge in [0.1, 0.15) is 11.3 Å². The summed E-state index contributed by atoms with van der Waals surface area (Å²) in [5.74, 6) is 0.561. The minimum absolute atomic E-state index is 0.107. The van der Waals surface area contributed by atoms with Crippen molar-refractivity contribution in [3.63, 3.8) is 0 Å². The highest BCUT2D eigenvalue weighted by molar-refractivity contribution is 5.71. The minimum Gasteiger partial charge on any atom is -0.388 e. The van der Waals surface area contributed by atoms with Crippen LogP contribution in [0.1, 0.15) is 80.8 Å². The highest BCUT2D eigenvalue weighted by Crippen LogP contribution is 2.34. The average Bonchev–Trinajstić information content (AvgIpc) is 3.23. The fourth-order valence-corrected chi connectivity index (χ4v) is 4.66. The Labute approximate surface area is 184 Å². The van der Waals surface area contributed by atoms with Crippen LogP contribution >= 0.6 is 0 Å². The molecule has 0 aliphatic heterocycles. The van der Waals surface area contributed by atoms with E-state index in [0.29, 0.717) is 5.92 Å². The van der Waals surface area contributed by atoms with Gasteiger partial charge in [-0.1, -0.05) is 33.8 Å². The summed E-state index contributed by atoms with van der Waals surface area (Å²) in [5.41, 5.74) is 8.59. The summed E-state index contributed by atoms with van der Waals surface area (Å²) in [5, 5.41) is 15.6. The van der Waals surface area contributed by atoms with Crippen molar-refractivity contribution in [2.24, 2.45) is 5.92 Å². The Morgan fingerprint density at radius 1 is 0.935 bits per heavy atom. The van der Waals surface area contributed by atoms with E-state index in [0.717, 1.165) is 58.2 Å². The number of fused-ring (bicyclic) bond motifs is 2. The zero-order chi connectivity index (χ0) is 22.4. The molecular weight excluding hydrogens is 386 g/mol. The number of rotatable bonds is 6. The van der Waals surface area contributed by atoms with Gasteiger partial charge in [0, 0.05) is 17.3 Å². The molecule has 6 nitrogen and oxygen atoms in total. The second-order valence-corrected chi connectivity index (χ2v) is 8.93. The Morgan fingerprint density at radius 2 is 1.58 bits per heavy atom. The number of nitrogens with zero attached hydrogens (tertiary/aromatic N) is 5. The number of hydrogen-bond acceptors (Lipinski definition) is 4. The summed E-state index contributed by atoms with van der Waals surface area (Å²) in [4.78, 5) is 9.84. The monoisotopic (exact) mass is 419 g/mol. The summed E-state index contributed by atoms with van der Waals surface area (Å²) in [7, 11) is 0. The number of pyridine rings is 1. The molecule has 0 unspecified atom stereocenters. The maximum atomic E-state index is 10.8. The van der Waals surface area contributed by atoms with E-state index in [1.807, 2.05) is 57.5 Å². The minimum atomic E-state index is -0.566. The normalized spacial score (nSPS) is 13.2. The van der Waals surface area contributed by atoms with Gasteiger partial charge in [0.05, 0.1) is 28.9 Å². The van der Waals surface area contributed by atoms with Crippen LogP contribution in [-0.2, 0) is 0 Å². The van der Waals surface area contributed by atoms with Crippen molar-refractivity contribution in [1.29, 1.82) is 0 Å². The lowest BCUT2D eigenvalue weighted by Gasteiger charge is -2.16. The first kappa shape index (κ1) is 21.5. The third kappa shape index (κ3) is 3.43. The van der Waals surface area contributed by atoms with Crippen molar-refractivity contribution in [2.75, 3.05) is 0 Å². The molecule has 0 amide bonds. The van der Waals surface area contributed by atoms with E-state index in [9.17, 15) is 5.11 Å².